The van der Waals surface area contributed by atoms with Crippen molar-refractivity contribution in [2.75, 3.05) is 24.2 Å². The van der Waals surface area contributed by atoms with Gasteiger partial charge < -0.3 is 9.80 Å². The molecule has 1 unspecified atom stereocenters. The van der Waals surface area contributed by atoms with Crippen LogP contribution in [-0.4, -0.2) is 36.1 Å². The van der Waals surface area contributed by atoms with Gasteiger partial charge >= 0.3 is 0 Å². The second-order valence-corrected chi connectivity index (χ2v) is 7.80. The highest BCUT2D eigenvalue weighted by atomic mass is 32.2. The number of benzene rings is 2. The van der Waals surface area contributed by atoms with E-state index in [0.29, 0.717) is 25.2 Å². The van der Waals surface area contributed by atoms with Gasteiger partial charge in [-0.1, -0.05) is 18.2 Å². The summed E-state index contributed by atoms with van der Waals surface area (Å²) in [6.45, 7) is 4.97. The maximum atomic E-state index is 13.1. The van der Waals surface area contributed by atoms with Crippen molar-refractivity contribution < 1.29 is 9.59 Å². The first-order valence-electron chi connectivity index (χ1n) is 9.39. The first kappa shape index (κ1) is 20.7. The third kappa shape index (κ3) is 4.87. The summed E-state index contributed by atoms with van der Waals surface area (Å²) in [7, 11) is 0. The molecule has 5 nitrogen and oxygen atoms in total. The number of nitriles is 1. The Morgan fingerprint density at radius 3 is 2.55 bits per heavy atom. The molecule has 2 amide bonds. The Hall–Kier alpha value is -3.04. The van der Waals surface area contributed by atoms with E-state index in [9.17, 15) is 9.59 Å². The number of hydrogen-bond donors (Lipinski definition) is 0. The Balaban J connectivity index is 1.71. The van der Waals surface area contributed by atoms with E-state index >= 15 is 0 Å². The quantitative estimate of drug-likeness (QED) is 0.518. The normalized spacial score (nSPS) is 15.8. The van der Waals surface area contributed by atoms with Crippen molar-refractivity contribution in [2.45, 2.75) is 17.9 Å². The largest absolute Gasteiger partial charge is 0.334 e. The van der Waals surface area contributed by atoms with E-state index in [0.717, 1.165) is 16.1 Å². The van der Waals surface area contributed by atoms with Crippen molar-refractivity contribution >= 4 is 29.3 Å². The average molecular weight is 406 g/mol. The number of amides is 2. The number of anilines is 1. The predicted octanol–water partition coefficient (Wildman–Crippen LogP) is 3.85. The van der Waals surface area contributed by atoms with Crippen LogP contribution in [0.25, 0.3) is 0 Å². The minimum absolute atomic E-state index is 0.0304. The second-order valence-electron chi connectivity index (χ2n) is 6.92. The van der Waals surface area contributed by atoms with Crippen LogP contribution < -0.4 is 4.90 Å². The van der Waals surface area contributed by atoms with Crippen molar-refractivity contribution in [2.24, 2.45) is 5.92 Å². The van der Waals surface area contributed by atoms with E-state index in [2.05, 4.69) is 12.6 Å². The molecule has 3 rings (SSSR count). The summed E-state index contributed by atoms with van der Waals surface area (Å²) in [6, 6.07) is 17.1. The van der Waals surface area contributed by atoms with Crippen molar-refractivity contribution in [1.29, 1.82) is 5.26 Å². The minimum atomic E-state index is -0.374. The molecule has 148 valence electrons. The van der Waals surface area contributed by atoms with E-state index in [1.165, 1.54) is 0 Å². The lowest BCUT2D eigenvalue weighted by atomic mass is 10.1. The highest BCUT2D eigenvalue weighted by Gasteiger charge is 2.37. The minimum Gasteiger partial charge on any atom is -0.334 e. The van der Waals surface area contributed by atoms with Crippen LogP contribution >= 0.6 is 11.8 Å². The Morgan fingerprint density at radius 2 is 1.97 bits per heavy atom. The SMILES string of the molecule is C=CCN(Cc1ccc(C#N)cc1)C(=O)C1CC(=O)N(c2ccc(SC)cc2)C1. The van der Waals surface area contributed by atoms with Gasteiger partial charge in [0.05, 0.1) is 17.6 Å². The molecule has 1 atom stereocenters. The van der Waals surface area contributed by atoms with Crippen LogP contribution in [0.2, 0.25) is 0 Å². The summed E-state index contributed by atoms with van der Waals surface area (Å²) >= 11 is 1.65. The summed E-state index contributed by atoms with van der Waals surface area (Å²) in [6.07, 6.45) is 3.91. The molecule has 0 saturated carbocycles. The molecular formula is C23H23N3O2S. The third-order valence-electron chi connectivity index (χ3n) is 4.98. The first-order valence-corrected chi connectivity index (χ1v) is 10.6. The van der Waals surface area contributed by atoms with Gasteiger partial charge in [0.2, 0.25) is 11.8 Å². The standard InChI is InChI=1S/C23H23N3O2S/c1-3-12-25(15-18-6-4-17(14-24)5-7-18)23(28)19-13-22(27)26(16-19)20-8-10-21(29-2)11-9-20/h3-11,19H,1,12-13,15-16H2,2H3. The number of rotatable bonds is 7. The molecule has 0 aromatic heterocycles. The number of carbonyl (C=O) groups is 2. The fourth-order valence-corrected chi connectivity index (χ4v) is 3.84. The molecule has 0 radical (unpaired) electrons. The lowest BCUT2D eigenvalue weighted by molar-refractivity contribution is -0.135. The van der Waals surface area contributed by atoms with E-state index in [1.807, 2.05) is 42.7 Å². The van der Waals surface area contributed by atoms with Crippen molar-refractivity contribution in [3.8, 4) is 6.07 Å². The molecule has 2 aromatic rings. The van der Waals surface area contributed by atoms with Crippen LogP contribution in [0.3, 0.4) is 0 Å². The Labute approximate surface area is 175 Å². The number of hydrogen-bond acceptors (Lipinski definition) is 4. The Bertz CT molecular complexity index is 932. The fourth-order valence-electron chi connectivity index (χ4n) is 3.44. The van der Waals surface area contributed by atoms with Gasteiger partial charge in [-0.3, -0.25) is 9.59 Å². The van der Waals surface area contributed by atoms with E-state index in [1.54, 1.807) is 39.8 Å². The third-order valence-corrected chi connectivity index (χ3v) is 5.72. The van der Waals surface area contributed by atoms with Crippen LogP contribution in [0, 0.1) is 17.2 Å². The Morgan fingerprint density at radius 1 is 1.28 bits per heavy atom. The molecule has 1 fully saturated rings. The van der Waals surface area contributed by atoms with Gasteiger partial charge in [0.15, 0.2) is 0 Å². The smallest absolute Gasteiger partial charge is 0.228 e. The van der Waals surface area contributed by atoms with Crippen LogP contribution in [0.1, 0.15) is 17.5 Å². The molecule has 1 aliphatic heterocycles. The van der Waals surface area contributed by atoms with E-state index < -0.39 is 0 Å². The van der Waals surface area contributed by atoms with Crippen LogP contribution in [0.15, 0.2) is 66.1 Å². The van der Waals surface area contributed by atoms with Crippen molar-refractivity contribution in [3.05, 3.63) is 72.3 Å². The topological polar surface area (TPSA) is 64.4 Å². The molecule has 0 bridgehead atoms. The monoisotopic (exact) mass is 405 g/mol. The molecule has 29 heavy (non-hydrogen) atoms. The van der Waals surface area contributed by atoms with E-state index in [4.69, 9.17) is 5.26 Å². The van der Waals surface area contributed by atoms with Crippen LogP contribution in [0.5, 0.6) is 0 Å². The molecule has 0 N–H and O–H groups in total. The lowest BCUT2D eigenvalue weighted by Crippen LogP contribution is -2.37. The maximum Gasteiger partial charge on any atom is 0.228 e. The summed E-state index contributed by atoms with van der Waals surface area (Å²) in [4.78, 5) is 30.2. The molecular weight excluding hydrogens is 382 g/mol. The number of nitrogens with zero attached hydrogens (tertiary/aromatic N) is 3. The molecule has 1 saturated heterocycles. The molecule has 1 aliphatic rings. The van der Waals surface area contributed by atoms with Gasteiger partial charge in [-0.2, -0.15) is 5.26 Å². The van der Waals surface area contributed by atoms with Crippen molar-refractivity contribution in [3.63, 3.8) is 0 Å². The van der Waals surface area contributed by atoms with Gasteiger partial charge in [-0.05, 0) is 48.2 Å². The highest BCUT2D eigenvalue weighted by molar-refractivity contribution is 7.98. The van der Waals surface area contributed by atoms with Crippen LogP contribution in [-0.2, 0) is 16.1 Å². The molecule has 2 aromatic carbocycles. The second kappa shape index (κ2) is 9.44. The Kier molecular flexibility index (Phi) is 6.73. The summed E-state index contributed by atoms with van der Waals surface area (Å²) in [5.74, 6) is -0.455. The van der Waals surface area contributed by atoms with Gasteiger partial charge in [0, 0.05) is 36.6 Å². The highest BCUT2D eigenvalue weighted by Crippen LogP contribution is 2.28. The maximum absolute atomic E-state index is 13.1. The molecule has 1 heterocycles. The summed E-state index contributed by atoms with van der Waals surface area (Å²) < 4.78 is 0. The molecule has 6 heteroatoms. The molecule has 0 spiro atoms. The van der Waals surface area contributed by atoms with Gasteiger partial charge in [-0.15, -0.1) is 18.3 Å². The predicted molar refractivity (Wildman–Crippen MR) is 115 cm³/mol. The summed E-state index contributed by atoms with van der Waals surface area (Å²) in [5.41, 5.74) is 2.35. The fraction of sp³-hybridized carbons (Fsp3) is 0.261. The first-order chi connectivity index (χ1) is 14.0. The van der Waals surface area contributed by atoms with Crippen LogP contribution in [0.4, 0.5) is 5.69 Å². The average Bonchev–Trinajstić information content (AvgIpc) is 3.15. The van der Waals surface area contributed by atoms with Crippen molar-refractivity contribution in [1.82, 2.24) is 4.90 Å². The number of carbonyl (C=O) groups excluding carboxylic acids is 2. The zero-order chi connectivity index (χ0) is 20.8. The van der Waals surface area contributed by atoms with Gasteiger partial charge in [0.1, 0.15) is 0 Å². The summed E-state index contributed by atoms with van der Waals surface area (Å²) in [5, 5.41) is 8.93. The lowest BCUT2D eigenvalue weighted by Gasteiger charge is -2.24. The zero-order valence-electron chi connectivity index (χ0n) is 16.4. The van der Waals surface area contributed by atoms with Gasteiger partial charge in [0.25, 0.3) is 0 Å². The zero-order valence-corrected chi connectivity index (χ0v) is 17.2. The molecule has 0 aliphatic carbocycles. The van der Waals surface area contributed by atoms with E-state index in [-0.39, 0.29) is 24.2 Å². The van der Waals surface area contributed by atoms with Gasteiger partial charge in [-0.25, -0.2) is 0 Å². The number of thioether (sulfide) groups is 1.